The summed E-state index contributed by atoms with van der Waals surface area (Å²) in [5, 5.41) is 3.08. The van der Waals surface area contributed by atoms with Crippen LogP contribution in [0.1, 0.15) is 25.7 Å². The predicted octanol–water partition coefficient (Wildman–Crippen LogP) is 0.695. The third-order valence-corrected chi connectivity index (χ3v) is 2.56. The quantitative estimate of drug-likeness (QED) is 0.514. The largest absolute Gasteiger partial charge is 0.468 e. The Morgan fingerprint density at radius 3 is 2.69 bits per heavy atom. The molecule has 72 valence electrons. The Kier molecular flexibility index (Phi) is 3.32. The molecule has 0 radical (unpaired) electrons. The van der Waals surface area contributed by atoms with Crippen LogP contribution in [0, 0.1) is 12.3 Å². The zero-order valence-corrected chi connectivity index (χ0v) is 7.93. The Morgan fingerprint density at radius 2 is 2.23 bits per heavy atom. The molecule has 0 bridgehead atoms. The van der Waals surface area contributed by atoms with Gasteiger partial charge >= 0.3 is 5.97 Å². The van der Waals surface area contributed by atoms with Crippen LogP contribution in [0.4, 0.5) is 0 Å². The molecule has 0 saturated heterocycles. The van der Waals surface area contributed by atoms with Crippen molar-refractivity contribution in [1.29, 1.82) is 0 Å². The van der Waals surface area contributed by atoms with Gasteiger partial charge in [0.15, 0.2) is 0 Å². The van der Waals surface area contributed by atoms with E-state index >= 15 is 0 Å². The first kappa shape index (κ1) is 10.1. The van der Waals surface area contributed by atoms with Crippen molar-refractivity contribution in [2.45, 2.75) is 31.2 Å². The molecule has 1 aliphatic carbocycles. The summed E-state index contributed by atoms with van der Waals surface area (Å²) in [5.41, 5.74) is -0.499. The number of terminal acetylenes is 1. The van der Waals surface area contributed by atoms with Gasteiger partial charge in [0.05, 0.1) is 13.7 Å². The lowest BCUT2D eigenvalue weighted by molar-refractivity contribution is -0.148. The third kappa shape index (κ3) is 2.02. The van der Waals surface area contributed by atoms with Gasteiger partial charge in [-0.25, -0.2) is 0 Å². The number of carbonyl (C=O) groups is 1. The lowest BCUT2D eigenvalue weighted by Crippen LogP contribution is -2.50. The fourth-order valence-electron chi connectivity index (χ4n) is 1.85. The van der Waals surface area contributed by atoms with Crippen LogP contribution in [0.2, 0.25) is 0 Å². The number of hydrogen-bond donors (Lipinski definition) is 1. The van der Waals surface area contributed by atoms with Crippen molar-refractivity contribution >= 4 is 5.97 Å². The average Bonchev–Trinajstić information content (AvgIpc) is 2.63. The SMILES string of the molecule is C#CCNC1(C(=O)OC)CCCC1. The van der Waals surface area contributed by atoms with Gasteiger partial charge in [0.25, 0.3) is 0 Å². The van der Waals surface area contributed by atoms with E-state index in [0.717, 1.165) is 25.7 Å². The average molecular weight is 181 g/mol. The van der Waals surface area contributed by atoms with E-state index in [9.17, 15) is 4.79 Å². The molecule has 1 N–H and O–H groups in total. The lowest BCUT2D eigenvalue weighted by atomic mass is 9.98. The van der Waals surface area contributed by atoms with Crippen molar-refractivity contribution in [3.8, 4) is 12.3 Å². The van der Waals surface area contributed by atoms with Crippen LogP contribution in [0.5, 0.6) is 0 Å². The van der Waals surface area contributed by atoms with Gasteiger partial charge in [0.1, 0.15) is 5.54 Å². The van der Waals surface area contributed by atoms with Crippen LogP contribution < -0.4 is 5.32 Å². The van der Waals surface area contributed by atoms with Crippen molar-refractivity contribution in [1.82, 2.24) is 5.32 Å². The molecular weight excluding hydrogens is 166 g/mol. The van der Waals surface area contributed by atoms with Gasteiger partial charge in [-0.3, -0.25) is 10.1 Å². The van der Waals surface area contributed by atoms with Gasteiger partial charge in [0.2, 0.25) is 0 Å². The van der Waals surface area contributed by atoms with E-state index in [1.807, 2.05) is 0 Å². The molecule has 0 heterocycles. The van der Waals surface area contributed by atoms with Gasteiger partial charge in [-0.05, 0) is 12.8 Å². The highest BCUT2D eigenvalue weighted by atomic mass is 16.5. The summed E-state index contributed by atoms with van der Waals surface area (Å²) in [4.78, 5) is 11.5. The Balaban J connectivity index is 2.64. The van der Waals surface area contributed by atoms with E-state index in [1.54, 1.807) is 0 Å². The predicted molar refractivity (Wildman–Crippen MR) is 50.1 cm³/mol. The highest BCUT2D eigenvalue weighted by Crippen LogP contribution is 2.30. The Morgan fingerprint density at radius 1 is 1.62 bits per heavy atom. The maximum Gasteiger partial charge on any atom is 0.326 e. The lowest BCUT2D eigenvalue weighted by Gasteiger charge is -2.26. The second-order valence-corrected chi connectivity index (χ2v) is 3.34. The first-order chi connectivity index (χ1) is 6.25. The monoisotopic (exact) mass is 181 g/mol. The van der Waals surface area contributed by atoms with E-state index in [-0.39, 0.29) is 5.97 Å². The molecule has 0 aliphatic heterocycles. The summed E-state index contributed by atoms with van der Waals surface area (Å²) in [6, 6.07) is 0. The standard InChI is InChI=1S/C10H15NO2/c1-3-8-11-10(9(12)13-2)6-4-5-7-10/h1,11H,4-8H2,2H3. The maximum atomic E-state index is 11.5. The van der Waals surface area contributed by atoms with Crippen LogP contribution >= 0.6 is 0 Å². The molecular formula is C10H15NO2. The van der Waals surface area contributed by atoms with Gasteiger partial charge in [-0.2, -0.15) is 0 Å². The van der Waals surface area contributed by atoms with Crippen LogP contribution in [0.15, 0.2) is 0 Å². The van der Waals surface area contributed by atoms with Gasteiger partial charge < -0.3 is 4.74 Å². The van der Waals surface area contributed by atoms with Crippen LogP contribution in [-0.2, 0) is 9.53 Å². The van der Waals surface area contributed by atoms with Crippen LogP contribution in [0.25, 0.3) is 0 Å². The van der Waals surface area contributed by atoms with Crippen LogP contribution in [0.3, 0.4) is 0 Å². The van der Waals surface area contributed by atoms with Crippen molar-refractivity contribution in [2.24, 2.45) is 0 Å². The van der Waals surface area contributed by atoms with E-state index in [2.05, 4.69) is 11.2 Å². The van der Waals surface area contributed by atoms with Crippen LogP contribution in [-0.4, -0.2) is 25.2 Å². The molecule has 3 nitrogen and oxygen atoms in total. The molecule has 0 aromatic rings. The number of carbonyl (C=O) groups excluding carboxylic acids is 1. The molecule has 0 aromatic heterocycles. The Bertz CT molecular complexity index is 224. The number of ether oxygens (including phenoxy) is 1. The van der Waals surface area contributed by atoms with Gasteiger partial charge in [0, 0.05) is 0 Å². The second kappa shape index (κ2) is 4.29. The van der Waals surface area contributed by atoms with Crippen molar-refractivity contribution in [2.75, 3.05) is 13.7 Å². The molecule has 0 aromatic carbocycles. The molecule has 0 spiro atoms. The van der Waals surface area contributed by atoms with Gasteiger partial charge in [-0.15, -0.1) is 6.42 Å². The summed E-state index contributed by atoms with van der Waals surface area (Å²) >= 11 is 0. The molecule has 1 saturated carbocycles. The smallest absolute Gasteiger partial charge is 0.326 e. The highest BCUT2D eigenvalue weighted by molar-refractivity contribution is 5.81. The molecule has 0 amide bonds. The summed E-state index contributed by atoms with van der Waals surface area (Å²) in [6.45, 7) is 0.426. The minimum absolute atomic E-state index is 0.180. The van der Waals surface area contributed by atoms with Gasteiger partial charge in [-0.1, -0.05) is 18.8 Å². The molecule has 0 unspecified atom stereocenters. The van der Waals surface area contributed by atoms with Crippen molar-refractivity contribution < 1.29 is 9.53 Å². The van der Waals surface area contributed by atoms with Crippen molar-refractivity contribution in [3.63, 3.8) is 0 Å². The normalized spacial score (nSPS) is 19.4. The first-order valence-corrected chi connectivity index (χ1v) is 4.52. The molecule has 0 atom stereocenters. The molecule has 1 fully saturated rings. The Hall–Kier alpha value is -1.01. The maximum absolute atomic E-state index is 11.5. The number of rotatable bonds is 3. The topological polar surface area (TPSA) is 38.3 Å². The van der Waals surface area contributed by atoms with E-state index < -0.39 is 5.54 Å². The third-order valence-electron chi connectivity index (χ3n) is 2.56. The first-order valence-electron chi connectivity index (χ1n) is 4.52. The number of nitrogens with one attached hydrogen (secondary N) is 1. The summed E-state index contributed by atoms with van der Waals surface area (Å²) in [5.74, 6) is 2.30. The number of hydrogen-bond acceptors (Lipinski definition) is 3. The number of esters is 1. The van der Waals surface area contributed by atoms with E-state index in [4.69, 9.17) is 11.2 Å². The zero-order valence-electron chi connectivity index (χ0n) is 7.93. The Labute approximate surface area is 78.8 Å². The molecule has 1 rings (SSSR count). The molecule has 1 aliphatic rings. The summed E-state index contributed by atoms with van der Waals surface area (Å²) < 4.78 is 4.76. The van der Waals surface area contributed by atoms with Crippen molar-refractivity contribution in [3.05, 3.63) is 0 Å². The summed E-state index contributed by atoms with van der Waals surface area (Å²) in [7, 11) is 1.42. The minimum atomic E-state index is -0.499. The minimum Gasteiger partial charge on any atom is -0.468 e. The second-order valence-electron chi connectivity index (χ2n) is 3.34. The highest BCUT2D eigenvalue weighted by Gasteiger charge is 2.41. The molecule has 13 heavy (non-hydrogen) atoms. The fourth-order valence-corrected chi connectivity index (χ4v) is 1.85. The van der Waals surface area contributed by atoms with E-state index in [1.165, 1.54) is 7.11 Å². The number of methoxy groups -OCH3 is 1. The van der Waals surface area contributed by atoms with E-state index in [0.29, 0.717) is 6.54 Å². The zero-order chi connectivity index (χ0) is 9.73. The summed E-state index contributed by atoms with van der Waals surface area (Å²) in [6.07, 6.45) is 8.94. The molecule has 3 heteroatoms. The fraction of sp³-hybridized carbons (Fsp3) is 0.700.